The SMILES string of the molecule is N#Cc1ccccc1N1CCC2(CN(CCN)C2)C1. The van der Waals surface area contributed by atoms with E-state index in [0.717, 1.165) is 50.5 Å². The predicted molar refractivity (Wildman–Crippen MR) is 75.9 cm³/mol. The van der Waals surface area contributed by atoms with Crippen LogP contribution in [0.25, 0.3) is 0 Å². The van der Waals surface area contributed by atoms with Gasteiger partial charge in [-0.2, -0.15) is 5.26 Å². The van der Waals surface area contributed by atoms with Gasteiger partial charge in [0.1, 0.15) is 6.07 Å². The molecule has 2 heterocycles. The summed E-state index contributed by atoms with van der Waals surface area (Å²) in [6.07, 6.45) is 1.23. The Morgan fingerprint density at radius 3 is 2.79 bits per heavy atom. The van der Waals surface area contributed by atoms with Gasteiger partial charge in [-0.05, 0) is 18.6 Å². The van der Waals surface area contributed by atoms with Crippen molar-refractivity contribution in [3.8, 4) is 6.07 Å². The van der Waals surface area contributed by atoms with E-state index >= 15 is 0 Å². The third-order valence-corrected chi connectivity index (χ3v) is 4.37. The number of hydrogen-bond donors (Lipinski definition) is 1. The molecular formula is C15H20N4. The summed E-state index contributed by atoms with van der Waals surface area (Å²) in [5, 5.41) is 9.19. The van der Waals surface area contributed by atoms with Crippen LogP contribution in [0.1, 0.15) is 12.0 Å². The van der Waals surface area contributed by atoms with E-state index in [1.807, 2.05) is 18.2 Å². The second-order valence-electron chi connectivity index (χ2n) is 5.80. The van der Waals surface area contributed by atoms with E-state index in [1.54, 1.807) is 0 Å². The Balaban J connectivity index is 1.69. The van der Waals surface area contributed by atoms with Crippen LogP contribution in [0.2, 0.25) is 0 Å². The van der Waals surface area contributed by atoms with Gasteiger partial charge in [-0.1, -0.05) is 12.1 Å². The van der Waals surface area contributed by atoms with Gasteiger partial charge in [0.25, 0.3) is 0 Å². The molecule has 2 aliphatic heterocycles. The summed E-state index contributed by atoms with van der Waals surface area (Å²) in [6.45, 7) is 6.22. The molecule has 0 aliphatic carbocycles. The summed E-state index contributed by atoms with van der Waals surface area (Å²) in [4.78, 5) is 4.80. The molecule has 1 aromatic carbocycles. The van der Waals surface area contributed by atoms with Crippen LogP contribution in [-0.2, 0) is 0 Å². The second-order valence-corrected chi connectivity index (χ2v) is 5.80. The molecule has 3 rings (SSSR count). The largest absolute Gasteiger partial charge is 0.370 e. The first kappa shape index (κ1) is 12.5. The summed E-state index contributed by atoms with van der Waals surface area (Å²) in [5.41, 5.74) is 7.92. The number of benzene rings is 1. The highest BCUT2D eigenvalue weighted by Crippen LogP contribution is 2.41. The maximum Gasteiger partial charge on any atom is 0.101 e. The van der Waals surface area contributed by atoms with Crippen LogP contribution in [0.3, 0.4) is 0 Å². The molecule has 1 spiro atoms. The summed E-state index contributed by atoms with van der Waals surface area (Å²) < 4.78 is 0. The highest BCUT2D eigenvalue weighted by Gasteiger charge is 2.47. The molecule has 0 radical (unpaired) electrons. The molecule has 2 aliphatic rings. The molecule has 4 heteroatoms. The number of anilines is 1. The first-order chi connectivity index (χ1) is 9.26. The van der Waals surface area contributed by atoms with Crippen molar-refractivity contribution < 1.29 is 0 Å². The molecule has 1 aromatic rings. The molecule has 4 nitrogen and oxygen atoms in total. The van der Waals surface area contributed by atoms with Crippen LogP contribution in [-0.4, -0.2) is 44.2 Å². The van der Waals surface area contributed by atoms with Crippen LogP contribution in [0.15, 0.2) is 24.3 Å². The predicted octanol–water partition coefficient (Wildman–Crippen LogP) is 1.03. The van der Waals surface area contributed by atoms with Crippen LogP contribution in [0, 0.1) is 16.7 Å². The van der Waals surface area contributed by atoms with E-state index in [4.69, 9.17) is 5.73 Å². The summed E-state index contributed by atoms with van der Waals surface area (Å²) in [7, 11) is 0. The number of para-hydroxylation sites is 1. The lowest BCUT2D eigenvalue weighted by Crippen LogP contribution is -2.58. The van der Waals surface area contributed by atoms with E-state index in [2.05, 4.69) is 21.9 Å². The van der Waals surface area contributed by atoms with Crippen molar-refractivity contribution in [2.45, 2.75) is 6.42 Å². The fourth-order valence-electron chi connectivity index (χ4n) is 3.49. The Morgan fingerprint density at radius 2 is 2.05 bits per heavy atom. The first-order valence-corrected chi connectivity index (χ1v) is 6.93. The van der Waals surface area contributed by atoms with Crippen LogP contribution < -0.4 is 10.6 Å². The van der Waals surface area contributed by atoms with Gasteiger partial charge >= 0.3 is 0 Å². The van der Waals surface area contributed by atoms with E-state index in [-0.39, 0.29) is 0 Å². The van der Waals surface area contributed by atoms with Crippen molar-refractivity contribution in [2.75, 3.05) is 44.2 Å². The summed E-state index contributed by atoms with van der Waals surface area (Å²) >= 11 is 0. The summed E-state index contributed by atoms with van der Waals surface area (Å²) in [6, 6.07) is 10.2. The molecule has 0 unspecified atom stereocenters. The van der Waals surface area contributed by atoms with E-state index in [9.17, 15) is 5.26 Å². The third kappa shape index (κ3) is 2.20. The highest BCUT2D eigenvalue weighted by molar-refractivity contribution is 5.60. The molecule has 0 bridgehead atoms. The van der Waals surface area contributed by atoms with Gasteiger partial charge in [0.15, 0.2) is 0 Å². The highest BCUT2D eigenvalue weighted by atomic mass is 15.3. The summed E-state index contributed by atoms with van der Waals surface area (Å²) in [5.74, 6) is 0. The monoisotopic (exact) mass is 256 g/mol. The third-order valence-electron chi connectivity index (χ3n) is 4.37. The standard InChI is InChI=1S/C15H20N4/c16-6-8-18-10-15(11-18)5-7-19(12-15)14-4-2-1-3-13(14)9-17/h1-4H,5-8,10-12,16H2. The molecular weight excluding hydrogens is 236 g/mol. The molecule has 100 valence electrons. The molecule has 2 fully saturated rings. The van der Waals surface area contributed by atoms with E-state index in [0.29, 0.717) is 5.41 Å². The smallest absolute Gasteiger partial charge is 0.101 e. The lowest BCUT2D eigenvalue weighted by Gasteiger charge is -2.48. The normalized spacial score (nSPS) is 21.4. The molecule has 0 amide bonds. The van der Waals surface area contributed by atoms with Gasteiger partial charge in [-0.15, -0.1) is 0 Å². The Morgan fingerprint density at radius 1 is 1.26 bits per heavy atom. The van der Waals surface area contributed by atoms with E-state index in [1.165, 1.54) is 6.42 Å². The molecule has 2 saturated heterocycles. The maximum atomic E-state index is 9.19. The van der Waals surface area contributed by atoms with Crippen molar-refractivity contribution in [3.63, 3.8) is 0 Å². The van der Waals surface area contributed by atoms with E-state index < -0.39 is 0 Å². The zero-order chi connectivity index (χ0) is 13.3. The van der Waals surface area contributed by atoms with Gasteiger partial charge in [-0.25, -0.2) is 0 Å². The first-order valence-electron chi connectivity index (χ1n) is 6.93. The number of likely N-dealkylation sites (tertiary alicyclic amines) is 1. The number of nitrogens with two attached hydrogens (primary N) is 1. The molecule has 0 saturated carbocycles. The molecule has 19 heavy (non-hydrogen) atoms. The number of nitriles is 1. The van der Waals surface area contributed by atoms with Crippen molar-refractivity contribution in [1.82, 2.24) is 4.90 Å². The Labute approximate surface area is 114 Å². The van der Waals surface area contributed by atoms with Gasteiger partial charge < -0.3 is 15.5 Å². The van der Waals surface area contributed by atoms with Gasteiger partial charge in [0, 0.05) is 44.7 Å². The lowest BCUT2D eigenvalue weighted by molar-refractivity contribution is 0.0213. The van der Waals surface area contributed by atoms with Crippen molar-refractivity contribution in [2.24, 2.45) is 11.1 Å². The maximum absolute atomic E-state index is 9.19. The quantitative estimate of drug-likeness (QED) is 0.877. The fourth-order valence-corrected chi connectivity index (χ4v) is 3.49. The number of hydrogen-bond acceptors (Lipinski definition) is 4. The zero-order valence-corrected chi connectivity index (χ0v) is 11.2. The topological polar surface area (TPSA) is 56.3 Å². The van der Waals surface area contributed by atoms with Crippen LogP contribution in [0.5, 0.6) is 0 Å². The van der Waals surface area contributed by atoms with Crippen molar-refractivity contribution >= 4 is 5.69 Å². The Hall–Kier alpha value is -1.57. The zero-order valence-electron chi connectivity index (χ0n) is 11.2. The second kappa shape index (κ2) is 4.84. The van der Waals surface area contributed by atoms with Crippen molar-refractivity contribution in [3.05, 3.63) is 29.8 Å². The van der Waals surface area contributed by atoms with Crippen LogP contribution >= 0.6 is 0 Å². The molecule has 0 atom stereocenters. The van der Waals surface area contributed by atoms with Crippen molar-refractivity contribution in [1.29, 1.82) is 5.26 Å². The molecule has 2 N–H and O–H groups in total. The van der Waals surface area contributed by atoms with Gasteiger partial charge in [-0.3, -0.25) is 0 Å². The fraction of sp³-hybridized carbons (Fsp3) is 0.533. The Kier molecular flexibility index (Phi) is 3.17. The van der Waals surface area contributed by atoms with Gasteiger partial charge in [0.05, 0.1) is 11.3 Å². The average Bonchev–Trinajstić information content (AvgIpc) is 2.84. The van der Waals surface area contributed by atoms with Gasteiger partial charge in [0.2, 0.25) is 0 Å². The number of rotatable bonds is 3. The minimum Gasteiger partial charge on any atom is -0.370 e. The average molecular weight is 256 g/mol. The number of nitrogens with zero attached hydrogens (tertiary/aromatic N) is 3. The minimum atomic E-state index is 0.442. The van der Waals surface area contributed by atoms with Crippen LogP contribution in [0.4, 0.5) is 5.69 Å². The molecule has 0 aromatic heterocycles. The Bertz CT molecular complexity index is 499. The lowest BCUT2D eigenvalue weighted by atomic mass is 9.79. The minimum absolute atomic E-state index is 0.442.